The third kappa shape index (κ3) is 12.3. The number of piperidine rings is 1. The first-order valence-corrected chi connectivity index (χ1v) is 21.7. The monoisotopic (exact) mass is 833 g/mol. The normalized spacial score (nSPS) is 37.8. The number of hydrogen-bond acceptors (Lipinski definition) is 12. The van der Waals surface area contributed by atoms with Gasteiger partial charge in [0.1, 0.15) is 30.6 Å². The molecule has 1 amide bonds. The van der Waals surface area contributed by atoms with E-state index >= 15 is 0 Å². The van der Waals surface area contributed by atoms with Gasteiger partial charge in [0, 0.05) is 46.1 Å². The summed E-state index contributed by atoms with van der Waals surface area (Å²) in [6.45, 7) is 11.3. The van der Waals surface area contributed by atoms with Crippen molar-refractivity contribution in [3.8, 4) is 0 Å². The topological polar surface area (TPSA) is 184 Å². The molecular formula is C45H71NO13. The number of methoxy groups -OCH3 is 3. The van der Waals surface area contributed by atoms with Crippen LogP contribution in [0, 0.1) is 29.6 Å². The number of ether oxygens (including phenoxy) is 6. The Labute approximate surface area is 350 Å². The summed E-state index contributed by atoms with van der Waals surface area (Å²) in [5.41, 5.74) is 1.85. The highest BCUT2D eigenvalue weighted by Crippen LogP contribution is 2.39. The molecule has 0 aromatic heterocycles. The van der Waals surface area contributed by atoms with E-state index in [4.69, 9.17) is 33.5 Å². The van der Waals surface area contributed by atoms with Crippen LogP contribution in [0.25, 0.3) is 0 Å². The third-order valence-corrected chi connectivity index (χ3v) is 13.2. The van der Waals surface area contributed by atoms with Crippen molar-refractivity contribution in [2.75, 3.05) is 34.5 Å². The Hall–Kier alpha value is -3.01. The Balaban J connectivity index is 1.71. The first-order chi connectivity index (χ1) is 28.0. The molecule has 59 heavy (non-hydrogen) atoms. The summed E-state index contributed by atoms with van der Waals surface area (Å²) in [5, 5.41) is 21.2. The van der Waals surface area contributed by atoms with E-state index in [1.54, 1.807) is 28.3 Å². The Bertz CT molecular complexity index is 1530. The molecule has 2 bridgehead atoms. The third-order valence-electron chi connectivity index (χ3n) is 13.2. The fourth-order valence-corrected chi connectivity index (χ4v) is 9.75. The molecule has 13 unspecified atom stereocenters. The van der Waals surface area contributed by atoms with Crippen LogP contribution in [-0.2, 0) is 52.4 Å². The summed E-state index contributed by atoms with van der Waals surface area (Å²) in [5.74, 6) is -7.52. The molecular weight excluding hydrogens is 762 g/mol. The number of nitrogens with zero attached hydrogens (tertiary/aromatic N) is 1. The second-order valence-corrected chi connectivity index (χ2v) is 17.7. The van der Waals surface area contributed by atoms with Gasteiger partial charge in [-0.3, -0.25) is 14.4 Å². The highest BCUT2D eigenvalue weighted by molar-refractivity contribution is 6.39. The lowest BCUT2D eigenvalue weighted by molar-refractivity contribution is -0.302. The van der Waals surface area contributed by atoms with E-state index in [0.29, 0.717) is 57.8 Å². The van der Waals surface area contributed by atoms with E-state index < -0.39 is 72.4 Å². The van der Waals surface area contributed by atoms with Crippen molar-refractivity contribution in [1.29, 1.82) is 0 Å². The molecule has 2 N–H and O–H groups in total. The molecule has 1 saturated carbocycles. The molecule has 1 aliphatic carbocycles. The summed E-state index contributed by atoms with van der Waals surface area (Å²) in [6, 6.07) is -1.08. The number of rotatable bonds is 9. The van der Waals surface area contributed by atoms with Crippen molar-refractivity contribution < 1.29 is 62.6 Å². The Morgan fingerprint density at radius 3 is 2.25 bits per heavy atom. The molecule has 14 nitrogen and oxygen atoms in total. The van der Waals surface area contributed by atoms with Gasteiger partial charge in [0.15, 0.2) is 0 Å². The van der Waals surface area contributed by atoms with E-state index in [-0.39, 0.29) is 67.5 Å². The van der Waals surface area contributed by atoms with E-state index in [1.807, 2.05) is 27.7 Å². The van der Waals surface area contributed by atoms with Crippen LogP contribution in [0.4, 0.5) is 0 Å². The minimum absolute atomic E-state index is 0.0186. The van der Waals surface area contributed by atoms with E-state index in [2.05, 4.69) is 19.1 Å². The van der Waals surface area contributed by atoms with Crippen molar-refractivity contribution in [3.05, 3.63) is 23.3 Å². The van der Waals surface area contributed by atoms with Gasteiger partial charge in [-0.05, 0) is 108 Å². The lowest BCUT2D eigenvalue weighted by Gasteiger charge is -2.47. The number of aliphatic hydroxyl groups is 1. The van der Waals surface area contributed by atoms with Crippen molar-refractivity contribution in [2.45, 2.75) is 167 Å². The zero-order valence-electron chi connectivity index (χ0n) is 36.8. The summed E-state index contributed by atoms with van der Waals surface area (Å²) in [4.78, 5) is 69.0. The maximum Gasteiger partial charge on any atom is 0.329 e. The largest absolute Gasteiger partial charge is 0.480 e. The quantitative estimate of drug-likeness (QED) is 0.166. The smallest absolute Gasteiger partial charge is 0.329 e. The molecule has 0 aromatic rings. The molecule has 3 aliphatic heterocycles. The molecule has 13 atom stereocenters. The van der Waals surface area contributed by atoms with Crippen molar-refractivity contribution in [2.24, 2.45) is 29.6 Å². The number of carboxylic acid groups (broad SMARTS) is 1. The highest BCUT2D eigenvalue weighted by Gasteiger charge is 2.56. The van der Waals surface area contributed by atoms with Gasteiger partial charge in [0.05, 0.1) is 24.4 Å². The number of fused-ring (bicyclic) bond motifs is 3. The maximum atomic E-state index is 14.3. The zero-order valence-corrected chi connectivity index (χ0v) is 36.8. The van der Waals surface area contributed by atoms with Gasteiger partial charge in [-0.1, -0.05) is 45.4 Å². The predicted octanol–water partition coefficient (Wildman–Crippen LogP) is 5.61. The highest BCUT2D eigenvalue weighted by atomic mass is 16.7. The number of carbonyl (C=O) groups excluding carboxylic acids is 4. The Morgan fingerprint density at radius 1 is 0.932 bits per heavy atom. The van der Waals surface area contributed by atoms with Gasteiger partial charge < -0.3 is 43.5 Å². The van der Waals surface area contributed by atoms with E-state index in [0.717, 1.165) is 11.1 Å². The first kappa shape index (κ1) is 48.7. The first-order valence-electron chi connectivity index (χ1n) is 21.7. The number of allylic oxidation sites excluding steroid dienone is 3. The van der Waals surface area contributed by atoms with Crippen molar-refractivity contribution in [3.63, 3.8) is 0 Å². The number of carbonyl (C=O) groups is 5. The van der Waals surface area contributed by atoms with Crippen LogP contribution in [-0.4, -0.2) is 127 Å². The minimum atomic E-state index is -2.49. The number of Topliss-reactive ketones (excluding diaryl/α,β-unsaturated/α-hetero) is 2. The minimum Gasteiger partial charge on any atom is -0.480 e. The maximum absolute atomic E-state index is 14.3. The van der Waals surface area contributed by atoms with Crippen LogP contribution in [0.3, 0.4) is 0 Å². The SMILES string of the molecule is CCC1C=C(C)CC(C)CC(OC)C2OC(O)(C(=O)C(=O)N3CCCCC3C(=O)OC(C(C)=CC3CCC(OCC(=O)O)C(OC)C3)C(C)CCC1=O)C(C)CC2OC. The number of amides is 1. The summed E-state index contributed by atoms with van der Waals surface area (Å²) < 4.78 is 35.7. The molecule has 4 rings (SSSR count). The van der Waals surface area contributed by atoms with Crippen molar-refractivity contribution in [1.82, 2.24) is 4.90 Å². The van der Waals surface area contributed by atoms with Crippen LogP contribution in [0.1, 0.15) is 119 Å². The molecule has 3 fully saturated rings. The van der Waals surface area contributed by atoms with Gasteiger partial charge in [-0.2, -0.15) is 0 Å². The average molecular weight is 834 g/mol. The van der Waals surface area contributed by atoms with Crippen molar-refractivity contribution >= 4 is 29.4 Å². The van der Waals surface area contributed by atoms with Gasteiger partial charge >= 0.3 is 11.9 Å². The molecule has 14 heteroatoms. The standard InChI is InChI=1S/C45H71NO13/c1-10-32-20-26(2)19-27(3)21-37(55-8)41-38(56-9)23-30(6)45(53,59-41)42(50)43(51)46-18-12-11-13-33(46)44(52)58-40(28(4)14-16-34(32)47)29(5)22-31-15-17-35(36(24-31)54-7)57-25-39(48)49/h20,22,27-28,30-33,35-38,40-41,53H,10-19,21,23-25H2,1-9H3,(H,48,49). The van der Waals surface area contributed by atoms with Gasteiger partial charge in [-0.15, -0.1) is 0 Å². The Morgan fingerprint density at radius 2 is 1.61 bits per heavy atom. The number of esters is 1. The predicted molar refractivity (Wildman–Crippen MR) is 218 cm³/mol. The molecule has 3 heterocycles. The summed E-state index contributed by atoms with van der Waals surface area (Å²) in [7, 11) is 4.66. The van der Waals surface area contributed by atoms with Crippen LogP contribution < -0.4 is 0 Å². The number of carboxylic acids is 1. The van der Waals surface area contributed by atoms with Crippen LogP contribution in [0.2, 0.25) is 0 Å². The summed E-state index contributed by atoms with van der Waals surface area (Å²) in [6.07, 6.45) is 6.77. The van der Waals surface area contributed by atoms with E-state index in [9.17, 15) is 29.1 Å². The van der Waals surface area contributed by atoms with Crippen LogP contribution in [0.5, 0.6) is 0 Å². The van der Waals surface area contributed by atoms with Crippen LogP contribution in [0.15, 0.2) is 23.3 Å². The average Bonchev–Trinajstić information content (AvgIpc) is 3.21. The van der Waals surface area contributed by atoms with Gasteiger partial charge in [0.2, 0.25) is 5.79 Å². The molecule has 2 saturated heterocycles. The van der Waals surface area contributed by atoms with Crippen LogP contribution >= 0.6 is 0 Å². The fourth-order valence-electron chi connectivity index (χ4n) is 9.75. The number of hydrogen-bond donors (Lipinski definition) is 2. The molecule has 334 valence electrons. The van der Waals surface area contributed by atoms with E-state index in [1.165, 1.54) is 4.90 Å². The number of ketones is 2. The summed E-state index contributed by atoms with van der Waals surface area (Å²) >= 11 is 0. The number of aliphatic carboxylic acids is 1. The fraction of sp³-hybridized carbons (Fsp3) is 0.800. The second kappa shape index (κ2) is 22.2. The molecule has 0 radical (unpaired) electrons. The van der Waals surface area contributed by atoms with Gasteiger partial charge in [-0.25, -0.2) is 9.59 Å². The lowest BCUT2D eigenvalue weighted by atomic mass is 9.82. The van der Waals surface area contributed by atoms with Gasteiger partial charge in [0.25, 0.3) is 11.7 Å². The molecule has 0 aromatic carbocycles. The Kier molecular flexibility index (Phi) is 18.3. The molecule has 0 spiro atoms. The second-order valence-electron chi connectivity index (χ2n) is 17.7. The lowest BCUT2D eigenvalue weighted by Crippen LogP contribution is -2.64. The molecule has 4 aliphatic rings. The zero-order chi connectivity index (χ0) is 43.6. The number of cyclic esters (lactones) is 1.